The predicted molar refractivity (Wildman–Crippen MR) is 136 cm³/mol. The SMILES string of the molecule is C=C(CCCN(Cc1nc2oc(-c3ccc(C)cc3)c(C(=O)NC)c2cc1C1CC1)[SH](=O)=O)C(=O)O. The summed E-state index contributed by atoms with van der Waals surface area (Å²) in [5, 5.41) is 12.3. The van der Waals surface area contributed by atoms with E-state index in [0.717, 1.165) is 29.5 Å². The number of benzene rings is 1. The fourth-order valence-electron chi connectivity index (χ4n) is 4.18. The number of carbonyl (C=O) groups excluding carboxylic acids is 1. The predicted octanol–water partition coefficient (Wildman–Crippen LogP) is 3.79. The van der Waals surface area contributed by atoms with Gasteiger partial charge in [-0.1, -0.05) is 36.4 Å². The average Bonchev–Trinajstić information content (AvgIpc) is 3.63. The lowest BCUT2D eigenvalue weighted by Gasteiger charge is -2.17. The van der Waals surface area contributed by atoms with E-state index in [4.69, 9.17) is 14.5 Å². The summed E-state index contributed by atoms with van der Waals surface area (Å²) < 4.78 is 31.4. The molecule has 0 radical (unpaired) electrons. The van der Waals surface area contributed by atoms with Crippen molar-refractivity contribution in [2.75, 3.05) is 13.6 Å². The Bertz CT molecular complexity index is 1400. The molecule has 0 saturated heterocycles. The number of pyridine rings is 1. The second-order valence-corrected chi connectivity index (χ2v) is 10.1. The first-order chi connectivity index (χ1) is 17.2. The van der Waals surface area contributed by atoms with Crippen LogP contribution >= 0.6 is 0 Å². The maximum atomic E-state index is 12.9. The Labute approximate surface area is 210 Å². The highest BCUT2D eigenvalue weighted by molar-refractivity contribution is 7.69. The number of carboxylic acid groups (broad SMARTS) is 1. The van der Waals surface area contributed by atoms with Crippen molar-refractivity contribution in [2.24, 2.45) is 0 Å². The Morgan fingerprint density at radius 1 is 1.25 bits per heavy atom. The van der Waals surface area contributed by atoms with Crippen molar-refractivity contribution in [1.29, 1.82) is 0 Å². The molecular formula is C26H29N3O6S. The topological polar surface area (TPSA) is 130 Å². The second kappa shape index (κ2) is 10.6. The van der Waals surface area contributed by atoms with E-state index in [1.165, 1.54) is 4.31 Å². The first-order valence-corrected chi connectivity index (χ1v) is 12.9. The minimum absolute atomic E-state index is 0.0373. The monoisotopic (exact) mass is 511 g/mol. The number of nitrogens with one attached hydrogen (secondary N) is 1. The summed E-state index contributed by atoms with van der Waals surface area (Å²) in [6.45, 7) is 5.65. The summed E-state index contributed by atoms with van der Waals surface area (Å²) in [5.74, 6) is -0.728. The molecule has 2 aromatic heterocycles. The van der Waals surface area contributed by atoms with Gasteiger partial charge in [0.15, 0.2) is 0 Å². The summed E-state index contributed by atoms with van der Waals surface area (Å²) in [6.07, 6.45) is 2.43. The molecule has 1 aliphatic rings. The Balaban J connectivity index is 1.73. The molecule has 1 saturated carbocycles. The Morgan fingerprint density at radius 2 is 1.94 bits per heavy atom. The maximum Gasteiger partial charge on any atom is 0.330 e. The number of carbonyl (C=O) groups is 2. The lowest BCUT2D eigenvalue weighted by molar-refractivity contribution is -0.132. The number of furan rings is 1. The molecule has 1 fully saturated rings. The summed E-state index contributed by atoms with van der Waals surface area (Å²) in [5.41, 5.74) is 4.01. The van der Waals surface area contributed by atoms with Crippen LogP contribution in [0.15, 0.2) is 46.9 Å². The number of hydrogen-bond donors (Lipinski definition) is 3. The molecule has 0 atom stereocenters. The third kappa shape index (κ3) is 5.50. The molecule has 3 aromatic rings. The zero-order valence-corrected chi connectivity index (χ0v) is 21.1. The Hall–Kier alpha value is -3.50. The Morgan fingerprint density at radius 3 is 2.53 bits per heavy atom. The van der Waals surface area contributed by atoms with Crippen molar-refractivity contribution in [3.8, 4) is 11.3 Å². The molecule has 0 aliphatic heterocycles. The van der Waals surface area contributed by atoms with Gasteiger partial charge in [0, 0.05) is 24.7 Å². The van der Waals surface area contributed by atoms with Crippen LogP contribution in [0.2, 0.25) is 0 Å². The molecule has 1 amide bonds. The van der Waals surface area contributed by atoms with Gasteiger partial charge in [-0.25, -0.2) is 18.2 Å². The smallest absolute Gasteiger partial charge is 0.330 e. The fourth-order valence-corrected chi connectivity index (χ4v) is 4.74. The van der Waals surface area contributed by atoms with Gasteiger partial charge in [-0.05, 0) is 50.2 Å². The van der Waals surface area contributed by atoms with Crippen LogP contribution in [-0.4, -0.2) is 48.3 Å². The van der Waals surface area contributed by atoms with Crippen LogP contribution in [0, 0.1) is 6.92 Å². The number of fused-ring (bicyclic) bond motifs is 1. The number of aliphatic carboxylic acids is 1. The third-order valence-corrected chi connectivity index (χ3v) is 7.14. The fraction of sp³-hybridized carbons (Fsp3) is 0.346. The van der Waals surface area contributed by atoms with Gasteiger partial charge in [0.25, 0.3) is 5.91 Å². The number of aryl methyl sites for hydroxylation is 1. The van der Waals surface area contributed by atoms with E-state index < -0.39 is 16.9 Å². The van der Waals surface area contributed by atoms with Crippen molar-refractivity contribution in [2.45, 2.75) is 45.1 Å². The van der Waals surface area contributed by atoms with Crippen molar-refractivity contribution >= 4 is 33.9 Å². The maximum absolute atomic E-state index is 12.9. The average molecular weight is 512 g/mol. The normalized spacial score (nSPS) is 13.4. The van der Waals surface area contributed by atoms with Crippen LogP contribution in [0.5, 0.6) is 0 Å². The van der Waals surface area contributed by atoms with Crippen LogP contribution in [0.4, 0.5) is 0 Å². The third-order valence-electron chi connectivity index (χ3n) is 6.34. The summed E-state index contributed by atoms with van der Waals surface area (Å²) >= 11 is 0. The number of hydrogen-bond acceptors (Lipinski definition) is 6. The number of amides is 1. The van der Waals surface area contributed by atoms with Crippen LogP contribution < -0.4 is 5.32 Å². The van der Waals surface area contributed by atoms with Gasteiger partial charge in [-0.3, -0.25) is 4.79 Å². The molecule has 2 N–H and O–H groups in total. The van der Waals surface area contributed by atoms with E-state index in [1.54, 1.807) is 7.05 Å². The number of rotatable bonds is 11. The molecule has 1 aliphatic carbocycles. The standard InChI is InChI=1S/C26H29N3O6S/c1-15-6-8-18(9-7-15)23-22(24(30)27-3)20-13-19(17-10-11-17)21(28-25(20)35-23)14-29(36(33)34)12-4-5-16(2)26(31)32/h6-9,13,17,36H,2,4-5,10-12,14H2,1,3H3,(H,27,30)(H,31,32). The molecule has 0 bridgehead atoms. The van der Waals surface area contributed by atoms with Crippen LogP contribution in [0.3, 0.4) is 0 Å². The van der Waals surface area contributed by atoms with Crippen molar-refractivity contribution < 1.29 is 27.5 Å². The highest BCUT2D eigenvalue weighted by atomic mass is 32.2. The van der Waals surface area contributed by atoms with E-state index in [0.29, 0.717) is 28.8 Å². The first-order valence-electron chi connectivity index (χ1n) is 11.7. The van der Waals surface area contributed by atoms with E-state index in [-0.39, 0.29) is 42.6 Å². The van der Waals surface area contributed by atoms with Gasteiger partial charge >= 0.3 is 5.97 Å². The number of aromatic nitrogens is 1. The lowest BCUT2D eigenvalue weighted by atomic mass is 10.0. The molecule has 190 valence electrons. The number of carboxylic acids is 1. The molecule has 1 aromatic carbocycles. The van der Waals surface area contributed by atoms with Gasteiger partial charge in [0.1, 0.15) is 5.76 Å². The molecule has 36 heavy (non-hydrogen) atoms. The molecular weight excluding hydrogens is 482 g/mol. The number of thiol groups is 1. The highest BCUT2D eigenvalue weighted by Crippen LogP contribution is 2.44. The van der Waals surface area contributed by atoms with Crippen LogP contribution in [0.25, 0.3) is 22.4 Å². The lowest BCUT2D eigenvalue weighted by Crippen LogP contribution is -2.24. The molecule has 0 unspecified atom stereocenters. The van der Waals surface area contributed by atoms with Crippen molar-refractivity contribution in [3.63, 3.8) is 0 Å². The van der Waals surface area contributed by atoms with E-state index in [1.807, 2.05) is 37.3 Å². The van der Waals surface area contributed by atoms with E-state index in [9.17, 15) is 18.0 Å². The van der Waals surface area contributed by atoms with Gasteiger partial charge in [0.2, 0.25) is 16.6 Å². The minimum Gasteiger partial charge on any atom is -0.478 e. The van der Waals surface area contributed by atoms with Crippen molar-refractivity contribution in [1.82, 2.24) is 14.6 Å². The molecule has 4 rings (SSSR count). The van der Waals surface area contributed by atoms with Crippen molar-refractivity contribution in [3.05, 3.63) is 64.9 Å². The van der Waals surface area contributed by atoms with Gasteiger partial charge in [0.05, 0.1) is 23.2 Å². The molecule has 0 spiro atoms. The highest BCUT2D eigenvalue weighted by Gasteiger charge is 2.31. The molecule has 2 heterocycles. The largest absolute Gasteiger partial charge is 0.478 e. The Kier molecular flexibility index (Phi) is 7.56. The minimum atomic E-state index is -2.92. The first kappa shape index (κ1) is 25.6. The van der Waals surface area contributed by atoms with Crippen LogP contribution in [-0.2, 0) is 22.2 Å². The van der Waals surface area contributed by atoms with Crippen LogP contribution in [0.1, 0.15) is 58.8 Å². The van der Waals surface area contributed by atoms with E-state index >= 15 is 0 Å². The molecule has 9 nitrogen and oxygen atoms in total. The van der Waals surface area contributed by atoms with Gasteiger partial charge in [-0.2, -0.15) is 4.31 Å². The van der Waals surface area contributed by atoms with Gasteiger partial charge < -0.3 is 14.8 Å². The van der Waals surface area contributed by atoms with E-state index in [2.05, 4.69) is 11.9 Å². The second-order valence-electron chi connectivity index (χ2n) is 9.04. The zero-order valence-electron chi connectivity index (χ0n) is 20.2. The summed E-state index contributed by atoms with van der Waals surface area (Å²) in [4.78, 5) is 28.6. The summed E-state index contributed by atoms with van der Waals surface area (Å²) in [6, 6.07) is 9.55. The summed E-state index contributed by atoms with van der Waals surface area (Å²) in [7, 11) is -1.36. The zero-order chi connectivity index (χ0) is 26.0. The quantitative estimate of drug-likeness (QED) is 0.264. The molecule has 10 heteroatoms. The van der Waals surface area contributed by atoms with Gasteiger partial charge in [-0.15, -0.1) is 0 Å². The number of nitrogens with zero attached hydrogens (tertiary/aromatic N) is 2.